The average molecular weight is 349 g/mol. The Bertz CT molecular complexity index is 565. The fourth-order valence-electron chi connectivity index (χ4n) is 3.56. The largest absolute Gasteiger partial charge is 0.383 e. The Morgan fingerprint density at radius 3 is 2.60 bits per heavy atom. The van der Waals surface area contributed by atoms with Gasteiger partial charge in [0.15, 0.2) is 5.60 Å². The predicted octanol–water partition coefficient (Wildman–Crippen LogP) is -0.401. The topological polar surface area (TPSA) is 82.0 Å². The molecule has 0 aliphatic carbocycles. The van der Waals surface area contributed by atoms with E-state index in [0.29, 0.717) is 32.7 Å². The highest BCUT2D eigenvalue weighted by Crippen LogP contribution is 2.24. The third-order valence-corrected chi connectivity index (χ3v) is 4.96. The molecular formula is C17H27N5O3. The van der Waals surface area contributed by atoms with E-state index in [0.717, 1.165) is 38.5 Å². The van der Waals surface area contributed by atoms with E-state index in [4.69, 9.17) is 4.74 Å². The summed E-state index contributed by atoms with van der Waals surface area (Å²) in [6.45, 7) is 5.28. The van der Waals surface area contributed by atoms with Crippen LogP contribution in [0.25, 0.3) is 0 Å². The van der Waals surface area contributed by atoms with E-state index < -0.39 is 5.60 Å². The van der Waals surface area contributed by atoms with Gasteiger partial charge in [-0.1, -0.05) is 0 Å². The number of aliphatic hydroxyl groups is 1. The molecule has 1 atom stereocenters. The molecule has 0 spiro atoms. The van der Waals surface area contributed by atoms with Gasteiger partial charge in [0, 0.05) is 65.3 Å². The number of carbonyl (C=O) groups is 1. The second-order valence-electron chi connectivity index (χ2n) is 6.73. The summed E-state index contributed by atoms with van der Waals surface area (Å²) in [5, 5.41) is 10.9. The molecule has 3 heterocycles. The van der Waals surface area contributed by atoms with E-state index >= 15 is 0 Å². The zero-order valence-corrected chi connectivity index (χ0v) is 14.8. The summed E-state index contributed by atoms with van der Waals surface area (Å²) in [6, 6.07) is 1.80. The molecule has 2 fully saturated rings. The van der Waals surface area contributed by atoms with Crippen LogP contribution in [-0.2, 0) is 9.53 Å². The number of carbonyl (C=O) groups excluding carboxylic acids is 1. The van der Waals surface area contributed by atoms with E-state index in [1.165, 1.54) is 0 Å². The first kappa shape index (κ1) is 18.0. The van der Waals surface area contributed by atoms with Gasteiger partial charge < -0.3 is 19.6 Å². The fraction of sp³-hybridized carbons (Fsp3) is 0.706. The highest BCUT2D eigenvalue weighted by atomic mass is 16.5. The molecule has 25 heavy (non-hydrogen) atoms. The van der Waals surface area contributed by atoms with E-state index in [2.05, 4.69) is 19.8 Å². The van der Waals surface area contributed by atoms with Crippen molar-refractivity contribution in [1.82, 2.24) is 19.8 Å². The standard InChI is InChI=1S/C17H27N5O3/c1-25-13-12-21-7-2-4-17(24,15(21)23)14-20-8-10-22(11-9-20)16-18-5-3-6-19-16/h3,5-6,24H,2,4,7-14H2,1H3/t17-/m1/s1. The Balaban J connectivity index is 1.54. The van der Waals surface area contributed by atoms with Crippen molar-refractivity contribution in [3.8, 4) is 0 Å². The summed E-state index contributed by atoms with van der Waals surface area (Å²) in [5.74, 6) is 0.574. The van der Waals surface area contributed by atoms with Crippen LogP contribution in [0, 0.1) is 0 Å². The summed E-state index contributed by atoms with van der Waals surface area (Å²) in [5.41, 5.74) is -1.28. The van der Waals surface area contributed by atoms with Crippen LogP contribution >= 0.6 is 0 Å². The highest BCUT2D eigenvalue weighted by molar-refractivity contribution is 5.86. The number of methoxy groups -OCH3 is 1. The number of likely N-dealkylation sites (tertiary alicyclic amines) is 1. The van der Waals surface area contributed by atoms with Crippen LogP contribution in [0.2, 0.25) is 0 Å². The minimum absolute atomic E-state index is 0.162. The lowest BCUT2D eigenvalue weighted by molar-refractivity contribution is -0.160. The van der Waals surface area contributed by atoms with Crippen LogP contribution in [0.1, 0.15) is 12.8 Å². The number of ether oxygens (including phenoxy) is 1. The molecule has 2 aliphatic heterocycles. The van der Waals surface area contributed by atoms with Crippen molar-refractivity contribution >= 4 is 11.9 Å². The van der Waals surface area contributed by atoms with Crippen molar-refractivity contribution in [2.75, 3.05) is 64.4 Å². The average Bonchev–Trinajstić information content (AvgIpc) is 2.64. The monoisotopic (exact) mass is 349 g/mol. The van der Waals surface area contributed by atoms with Crippen molar-refractivity contribution in [3.05, 3.63) is 18.5 Å². The molecule has 0 saturated carbocycles. The van der Waals surface area contributed by atoms with Crippen LogP contribution < -0.4 is 4.90 Å². The SMILES string of the molecule is COCCN1CCC[C@@](O)(CN2CCN(c3ncccn3)CC2)C1=O. The summed E-state index contributed by atoms with van der Waals surface area (Å²) in [7, 11) is 1.62. The number of hydrogen-bond acceptors (Lipinski definition) is 7. The maximum absolute atomic E-state index is 12.7. The van der Waals surface area contributed by atoms with Crippen LogP contribution in [0.15, 0.2) is 18.5 Å². The first-order valence-corrected chi connectivity index (χ1v) is 8.87. The predicted molar refractivity (Wildman–Crippen MR) is 93.3 cm³/mol. The molecule has 2 saturated heterocycles. The smallest absolute Gasteiger partial charge is 0.255 e. The second kappa shape index (κ2) is 8.07. The van der Waals surface area contributed by atoms with Gasteiger partial charge in [-0.25, -0.2) is 9.97 Å². The molecule has 1 amide bonds. The number of piperidine rings is 1. The van der Waals surface area contributed by atoms with Gasteiger partial charge in [0.1, 0.15) is 0 Å². The maximum atomic E-state index is 12.7. The van der Waals surface area contributed by atoms with Gasteiger partial charge >= 0.3 is 0 Å². The van der Waals surface area contributed by atoms with Crippen LogP contribution in [0.4, 0.5) is 5.95 Å². The van der Waals surface area contributed by atoms with E-state index in [1.54, 1.807) is 30.5 Å². The van der Waals surface area contributed by atoms with E-state index in [1.807, 2.05) is 0 Å². The Morgan fingerprint density at radius 1 is 1.20 bits per heavy atom. The second-order valence-corrected chi connectivity index (χ2v) is 6.73. The maximum Gasteiger partial charge on any atom is 0.255 e. The number of piperazine rings is 1. The normalized spacial score (nSPS) is 25.4. The van der Waals surface area contributed by atoms with Gasteiger partial charge in [0.05, 0.1) is 6.61 Å². The number of anilines is 1. The summed E-state index contributed by atoms with van der Waals surface area (Å²) >= 11 is 0. The van der Waals surface area contributed by atoms with Crippen molar-refractivity contribution in [2.24, 2.45) is 0 Å². The minimum Gasteiger partial charge on any atom is -0.383 e. The molecule has 8 heteroatoms. The van der Waals surface area contributed by atoms with Crippen LogP contribution in [-0.4, -0.2) is 95.9 Å². The number of aromatic nitrogens is 2. The molecule has 1 aromatic heterocycles. The summed E-state index contributed by atoms with van der Waals surface area (Å²) in [6.07, 6.45) is 4.83. The molecule has 3 rings (SSSR count). The number of amides is 1. The third kappa shape index (κ3) is 4.26. The molecule has 0 aromatic carbocycles. The molecule has 1 N–H and O–H groups in total. The van der Waals surface area contributed by atoms with Gasteiger partial charge in [-0.05, 0) is 18.9 Å². The van der Waals surface area contributed by atoms with Crippen molar-refractivity contribution in [2.45, 2.75) is 18.4 Å². The Hall–Kier alpha value is -1.77. The van der Waals surface area contributed by atoms with Crippen molar-refractivity contribution in [3.63, 3.8) is 0 Å². The van der Waals surface area contributed by atoms with Gasteiger partial charge in [-0.2, -0.15) is 0 Å². The minimum atomic E-state index is -1.28. The lowest BCUT2D eigenvalue weighted by Gasteiger charge is -2.43. The lowest BCUT2D eigenvalue weighted by atomic mass is 9.91. The fourth-order valence-corrected chi connectivity index (χ4v) is 3.56. The van der Waals surface area contributed by atoms with Crippen molar-refractivity contribution < 1.29 is 14.6 Å². The number of hydrogen-bond donors (Lipinski definition) is 1. The van der Waals surface area contributed by atoms with Gasteiger partial charge in [0.2, 0.25) is 5.95 Å². The van der Waals surface area contributed by atoms with Crippen molar-refractivity contribution in [1.29, 1.82) is 0 Å². The first-order valence-electron chi connectivity index (χ1n) is 8.87. The third-order valence-electron chi connectivity index (χ3n) is 4.96. The number of nitrogens with zero attached hydrogens (tertiary/aromatic N) is 5. The quantitative estimate of drug-likeness (QED) is 0.748. The zero-order chi connectivity index (χ0) is 17.7. The molecule has 0 unspecified atom stereocenters. The number of rotatable bonds is 6. The molecule has 0 radical (unpaired) electrons. The van der Waals surface area contributed by atoms with Crippen LogP contribution in [0.5, 0.6) is 0 Å². The Morgan fingerprint density at radius 2 is 1.92 bits per heavy atom. The summed E-state index contributed by atoms with van der Waals surface area (Å²) < 4.78 is 5.06. The van der Waals surface area contributed by atoms with E-state index in [-0.39, 0.29) is 5.91 Å². The Kier molecular flexibility index (Phi) is 5.82. The molecule has 2 aliphatic rings. The first-order chi connectivity index (χ1) is 12.1. The van der Waals surface area contributed by atoms with Gasteiger partial charge in [-0.15, -0.1) is 0 Å². The number of β-amino-alcohol motifs (C(OH)–C–C–N with tert-alkyl or cyclic N) is 1. The lowest BCUT2D eigenvalue weighted by Crippen LogP contribution is -2.61. The zero-order valence-electron chi connectivity index (χ0n) is 14.8. The molecule has 1 aromatic rings. The Labute approximate surface area is 148 Å². The molecule has 138 valence electrons. The van der Waals surface area contributed by atoms with Gasteiger partial charge in [0.25, 0.3) is 5.91 Å². The highest BCUT2D eigenvalue weighted by Gasteiger charge is 2.43. The van der Waals surface area contributed by atoms with Crippen LogP contribution in [0.3, 0.4) is 0 Å². The summed E-state index contributed by atoms with van der Waals surface area (Å²) in [4.78, 5) is 27.3. The molecule has 0 bridgehead atoms. The van der Waals surface area contributed by atoms with Gasteiger partial charge in [-0.3, -0.25) is 9.69 Å². The molecular weight excluding hydrogens is 322 g/mol. The van der Waals surface area contributed by atoms with E-state index in [9.17, 15) is 9.90 Å². The molecule has 8 nitrogen and oxygen atoms in total.